The van der Waals surface area contributed by atoms with Crippen LogP contribution in [-0.4, -0.2) is 40.9 Å². The number of hydrogen-bond acceptors (Lipinski definition) is 5. The third-order valence-electron chi connectivity index (χ3n) is 6.47. The second-order valence-electron chi connectivity index (χ2n) is 8.77. The maximum atomic E-state index is 11.6. The zero-order chi connectivity index (χ0) is 24.2. The van der Waals surface area contributed by atoms with Crippen molar-refractivity contribution in [2.75, 3.05) is 25.6 Å². The van der Waals surface area contributed by atoms with Crippen LogP contribution in [0.5, 0.6) is 11.5 Å². The van der Waals surface area contributed by atoms with Gasteiger partial charge in [-0.25, -0.2) is 4.98 Å². The third-order valence-corrected chi connectivity index (χ3v) is 6.47. The van der Waals surface area contributed by atoms with Gasteiger partial charge in [0.25, 0.3) is 0 Å². The maximum Gasteiger partial charge on any atom is 0.305 e. The summed E-state index contributed by atoms with van der Waals surface area (Å²) in [6.45, 7) is 1.51. The van der Waals surface area contributed by atoms with Gasteiger partial charge < -0.3 is 24.5 Å². The molecule has 2 aromatic heterocycles. The highest BCUT2D eigenvalue weighted by Crippen LogP contribution is 2.31. The molecule has 2 aromatic carbocycles. The first-order valence-corrected chi connectivity index (χ1v) is 11.9. The van der Waals surface area contributed by atoms with Crippen LogP contribution in [0, 0.1) is 0 Å². The van der Waals surface area contributed by atoms with Crippen LogP contribution in [0.4, 0.5) is 5.82 Å². The average Bonchev–Trinajstić information content (AvgIpc) is 3.30. The monoisotopic (exact) mass is 471 g/mol. The lowest BCUT2D eigenvalue weighted by Gasteiger charge is -2.19. The zero-order valence-electron chi connectivity index (χ0n) is 19.7. The van der Waals surface area contributed by atoms with Crippen molar-refractivity contribution in [2.24, 2.45) is 0 Å². The smallest absolute Gasteiger partial charge is 0.305 e. The second kappa shape index (κ2) is 10.1. The van der Waals surface area contributed by atoms with Crippen LogP contribution in [0.25, 0.3) is 10.9 Å². The van der Waals surface area contributed by atoms with Crippen LogP contribution in [-0.2, 0) is 17.6 Å². The first-order valence-electron chi connectivity index (χ1n) is 11.9. The summed E-state index contributed by atoms with van der Waals surface area (Å²) in [5, 5.41) is 13.9. The molecule has 0 aliphatic carbocycles. The summed E-state index contributed by atoms with van der Waals surface area (Å²) < 4.78 is 13.3. The van der Waals surface area contributed by atoms with Crippen molar-refractivity contribution < 1.29 is 19.4 Å². The number of carbonyl (C=O) groups is 1. The van der Waals surface area contributed by atoms with E-state index in [4.69, 9.17) is 14.5 Å². The van der Waals surface area contributed by atoms with E-state index in [0.29, 0.717) is 6.61 Å². The van der Waals surface area contributed by atoms with E-state index in [0.717, 1.165) is 65.3 Å². The van der Waals surface area contributed by atoms with Crippen LogP contribution in [0.1, 0.15) is 35.7 Å². The van der Waals surface area contributed by atoms with Crippen molar-refractivity contribution in [3.8, 4) is 11.5 Å². The van der Waals surface area contributed by atoms with E-state index in [2.05, 4.69) is 17.4 Å². The summed E-state index contributed by atoms with van der Waals surface area (Å²) in [6.07, 6.45) is 4.88. The molecule has 0 amide bonds. The SMILES string of the molecule is COc1ccc(C(CC(=O)O)n2ccc3cc(OCCc4ccc5c(n4)NCCC5)ccc32)cc1. The van der Waals surface area contributed by atoms with Gasteiger partial charge in [0.15, 0.2) is 0 Å². The lowest BCUT2D eigenvalue weighted by molar-refractivity contribution is -0.137. The predicted molar refractivity (Wildman–Crippen MR) is 136 cm³/mol. The molecule has 0 radical (unpaired) electrons. The number of aromatic nitrogens is 2. The van der Waals surface area contributed by atoms with Gasteiger partial charge in [0, 0.05) is 35.8 Å². The minimum absolute atomic E-state index is 0.0169. The van der Waals surface area contributed by atoms with E-state index in [-0.39, 0.29) is 12.5 Å². The van der Waals surface area contributed by atoms with E-state index in [1.165, 1.54) is 5.56 Å². The molecule has 7 heteroatoms. The molecule has 0 fully saturated rings. The predicted octanol–water partition coefficient (Wildman–Crippen LogP) is 5.09. The van der Waals surface area contributed by atoms with Crippen molar-refractivity contribution in [2.45, 2.75) is 31.7 Å². The number of fused-ring (bicyclic) bond motifs is 2. The van der Waals surface area contributed by atoms with Gasteiger partial charge in [-0.15, -0.1) is 0 Å². The molecule has 2 N–H and O–H groups in total. The van der Waals surface area contributed by atoms with Crippen LogP contribution < -0.4 is 14.8 Å². The Morgan fingerprint density at radius 2 is 1.94 bits per heavy atom. The summed E-state index contributed by atoms with van der Waals surface area (Å²) in [5.74, 6) is 1.68. The van der Waals surface area contributed by atoms with Gasteiger partial charge in [-0.3, -0.25) is 4.79 Å². The van der Waals surface area contributed by atoms with E-state index < -0.39 is 5.97 Å². The Morgan fingerprint density at radius 3 is 2.74 bits per heavy atom. The van der Waals surface area contributed by atoms with Gasteiger partial charge in [-0.2, -0.15) is 0 Å². The van der Waals surface area contributed by atoms with E-state index in [1.54, 1.807) is 7.11 Å². The lowest BCUT2D eigenvalue weighted by atomic mass is 10.0. The molecular formula is C28H29N3O4. The highest BCUT2D eigenvalue weighted by Gasteiger charge is 2.19. The number of nitrogens with one attached hydrogen (secondary N) is 1. The third kappa shape index (κ3) is 5.09. The van der Waals surface area contributed by atoms with Crippen LogP contribution in [0.2, 0.25) is 0 Å². The summed E-state index contributed by atoms with van der Waals surface area (Å²) in [4.78, 5) is 16.4. The zero-order valence-corrected chi connectivity index (χ0v) is 19.7. The summed E-state index contributed by atoms with van der Waals surface area (Å²) in [5.41, 5.74) is 4.17. The molecule has 5 rings (SSSR count). The Labute approximate surface area is 204 Å². The van der Waals surface area contributed by atoms with Crippen molar-refractivity contribution in [3.05, 3.63) is 83.7 Å². The molecule has 0 saturated heterocycles. The Hall–Kier alpha value is -4.00. The van der Waals surface area contributed by atoms with Gasteiger partial charge in [-0.05, 0) is 66.4 Å². The molecule has 3 heterocycles. The first kappa shape index (κ1) is 22.8. The van der Waals surface area contributed by atoms with Gasteiger partial charge in [0.2, 0.25) is 0 Å². The molecule has 1 atom stereocenters. The molecule has 180 valence electrons. The van der Waals surface area contributed by atoms with E-state index in [1.807, 2.05) is 59.3 Å². The molecular weight excluding hydrogens is 442 g/mol. The molecule has 0 spiro atoms. The Kier molecular flexibility index (Phi) is 6.57. The quantitative estimate of drug-likeness (QED) is 0.354. The Bertz CT molecular complexity index is 1330. The number of pyridine rings is 1. The number of rotatable bonds is 9. The number of aliphatic carboxylic acids is 1. The molecule has 1 aliphatic rings. The number of benzene rings is 2. The number of aryl methyl sites for hydroxylation is 1. The highest BCUT2D eigenvalue weighted by molar-refractivity contribution is 5.82. The molecule has 7 nitrogen and oxygen atoms in total. The summed E-state index contributed by atoms with van der Waals surface area (Å²) in [6, 6.07) is 19.4. The fraction of sp³-hybridized carbons (Fsp3) is 0.286. The topological polar surface area (TPSA) is 85.6 Å². The van der Waals surface area contributed by atoms with Crippen LogP contribution in [0.15, 0.2) is 66.9 Å². The molecule has 0 saturated carbocycles. The van der Waals surface area contributed by atoms with E-state index >= 15 is 0 Å². The highest BCUT2D eigenvalue weighted by atomic mass is 16.5. The maximum absolute atomic E-state index is 11.6. The number of hydrogen-bond donors (Lipinski definition) is 2. The van der Waals surface area contributed by atoms with Gasteiger partial charge in [0.1, 0.15) is 17.3 Å². The second-order valence-corrected chi connectivity index (χ2v) is 8.77. The van der Waals surface area contributed by atoms with Crippen molar-refractivity contribution in [1.29, 1.82) is 0 Å². The molecule has 1 aliphatic heterocycles. The van der Waals surface area contributed by atoms with E-state index in [9.17, 15) is 9.90 Å². The molecule has 0 bridgehead atoms. The number of methoxy groups -OCH3 is 1. The number of nitrogens with zero attached hydrogens (tertiary/aromatic N) is 2. The lowest BCUT2D eigenvalue weighted by Crippen LogP contribution is -2.14. The Morgan fingerprint density at radius 1 is 1.11 bits per heavy atom. The fourth-order valence-corrected chi connectivity index (χ4v) is 4.65. The summed E-state index contributed by atoms with van der Waals surface area (Å²) in [7, 11) is 1.61. The largest absolute Gasteiger partial charge is 0.497 e. The fourth-order valence-electron chi connectivity index (χ4n) is 4.65. The van der Waals surface area contributed by atoms with Crippen molar-refractivity contribution >= 4 is 22.7 Å². The van der Waals surface area contributed by atoms with Crippen LogP contribution >= 0.6 is 0 Å². The Balaban J connectivity index is 1.30. The number of anilines is 1. The minimum Gasteiger partial charge on any atom is -0.497 e. The van der Waals surface area contributed by atoms with Crippen LogP contribution in [0.3, 0.4) is 0 Å². The van der Waals surface area contributed by atoms with Gasteiger partial charge in [-0.1, -0.05) is 18.2 Å². The normalized spacial score (nSPS) is 13.6. The van der Waals surface area contributed by atoms with Gasteiger partial charge >= 0.3 is 5.97 Å². The number of carboxylic acids is 1. The number of ether oxygens (including phenoxy) is 2. The minimum atomic E-state index is -0.849. The molecule has 4 aromatic rings. The average molecular weight is 472 g/mol. The number of carboxylic acid groups (broad SMARTS) is 1. The summed E-state index contributed by atoms with van der Waals surface area (Å²) >= 11 is 0. The van der Waals surface area contributed by atoms with Gasteiger partial charge in [0.05, 0.1) is 26.2 Å². The molecule has 1 unspecified atom stereocenters. The first-order chi connectivity index (χ1) is 17.1. The molecule has 35 heavy (non-hydrogen) atoms. The van der Waals surface area contributed by atoms with Crippen molar-refractivity contribution in [3.63, 3.8) is 0 Å². The van der Waals surface area contributed by atoms with Crippen molar-refractivity contribution in [1.82, 2.24) is 9.55 Å². The standard InChI is InChI=1S/C28H29N3O4/c1-34-23-8-5-19(6-9-23)26(18-27(32)33)31-15-12-21-17-24(10-11-25(21)31)35-16-13-22-7-4-20-3-2-14-29-28(20)30-22/h4-12,15,17,26H,2-3,13-14,16,18H2,1H3,(H,29,30)(H,32,33).